The Kier molecular flexibility index (Phi) is 4.58. The van der Waals surface area contributed by atoms with Crippen molar-refractivity contribution in [3.8, 4) is 0 Å². The van der Waals surface area contributed by atoms with Crippen LogP contribution in [0, 0.1) is 11.8 Å². The first kappa shape index (κ1) is 12.5. The highest BCUT2D eigenvalue weighted by Gasteiger charge is 2.27. The average Bonchev–Trinajstić information content (AvgIpc) is 2.84. The summed E-state index contributed by atoms with van der Waals surface area (Å²) in [7, 11) is 0. The Labute approximate surface area is 92.5 Å². The maximum atomic E-state index is 10.8. The van der Waals surface area contributed by atoms with E-state index in [1.54, 1.807) is 0 Å². The molecule has 0 aliphatic heterocycles. The van der Waals surface area contributed by atoms with Crippen LogP contribution in [-0.4, -0.2) is 35.1 Å². The summed E-state index contributed by atoms with van der Waals surface area (Å²) in [6.07, 6.45) is 3.65. The van der Waals surface area contributed by atoms with Crippen LogP contribution in [0.3, 0.4) is 0 Å². The van der Waals surface area contributed by atoms with Gasteiger partial charge in [0.15, 0.2) is 0 Å². The van der Waals surface area contributed by atoms with E-state index in [2.05, 4.69) is 25.7 Å². The Morgan fingerprint density at radius 1 is 1.40 bits per heavy atom. The van der Waals surface area contributed by atoms with Gasteiger partial charge in [0, 0.05) is 12.6 Å². The van der Waals surface area contributed by atoms with Crippen molar-refractivity contribution >= 4 is 5.97 Å². The topological polar surface area (TPSA) is 40.5 Å². The Bertz CT molecular complexity index is 212. The lowest BCUT2D eigenvalue weighted by Gasteiger charge is -2.28. The predicted molar refractivity (Wildman–Crippen MR) is 60.8 cm³/mol. The SMILES string of the molecule is CC(C)CC(C)N(CC(=O)O)CC1CC1. The average molecular weight is 213 g/mol. The number of carboxylic acids is 1. The number of nitrogens with zero attached hydrogens (tertiary/aromatic N) is 1. The van der Waals surface area contributed by atoms with Gasteiger partial charge in [0.1, 0.15) is 0 Å². The number of carbonyl (C=O) groups is 1. The van der Waals surface area contributed by atoms with Gasteiger partial charge < -0.3 is 5.11 Å². The van der Waals surface area contributed by atoms with E-state index in [0.29, 0.717) is 12.0 Å². The second-order valence-electron chi connectivity index (χ2n) is 5.25. The predicted octanol–water partition coefficient (Wildman–Crippen LogP) is 2.22. The van der Waals surface area contributed by atoms with Crippen molar-refractivity contribution < 1.29 is 9.90 Å². The second-order valence-corrected chi connectivity index (χ2v) is 5.25. The summed E-state index contributed by atoms with van der Waals surface area (Å²) in [4.78, 5) is 12.9. The van der Waals surface area contributed by atoms with Gasteiger partial charge in [0.2, 0.25) is 0 Å². The van der Waals surface area contributed by atoms with Crippen LogP contribution in [-0.2, 0) is 4.79 Å². The molecule has 0 spiro atoms. The molecule has 15 heavy (non-hydrogen) atoms. The Hall–Kier alpha value is -0.570. The molecule has 1 rings (SSSR count). The van der Waals surface area contributed by atoms with Crippen LogP contribution < -0.4 is 0 Å². The molecule has 0 amide bonds. The molecule has 0 saturated heterocycles. The molecule has 1 fully saturated rings. The highest BCUT2D eigenvalue weighted by molar-refractivity contribution is 5.69. The molecule has 0 aromatic rings. The second kappa shape index (κ2) is 5.50. The number of hydrogen-bond acceptors (Lipinski definition) is 2. The molecule has 0 heterocycles. The Morgan fingerprint density at radius 2 is 2.00 bits per heavy atom. The number of rotatable bonds is 7. The minimum atomic E-state index is -0.703. The van der Waals surface area contributed by atoms with E-state index in [1.165, 1.54) is 12.8 Å². The van der Waals surface area contributed by atoms with Gasteiger partial charge in [-0.1, -0.05) is 13.8 Å². The highest BCUT2D eigenvalue weighted by atomic mass is 16.4. The van der Waals surface area contributed by atoms with Gasteiger partial charge in [0.25, 0.3) is 0 Å². The molecule has 0 bridgehead atoms. The third-order valence-electron chi connectivity index (χ3n) is 2.96. The standard InChI is InChI=1S/C12H23NO2/c1-9(2)6-10(3)13(8-12(14)15)7-11-4-5-11/h9-11H,4-8H2,1-3H3,(H,14,15). The lowest BCUT2D eigenvalue weighted by atomic mass is 10.0. The first-order valence-electron chi connectivity index (χ1n) is 5.95. The molecule has 3 nitrogen and oxygen atoms in total. The number of aliphatic carboxylic acids is 1. The van der Waals surface area contributed by atoms with E-state index in [4.69, 9.17) is 5.11 Å². The summed E-state index contributed by atoms with van der Waals surface area (Å²) >= 11 is 0. The molecule has 0 aromatic carbocycles. The molecule has 1 N–H and O–H groups in total. The molecule has 1 atom stereocenters. The van der Waals surface area contributed by atoms with Gasteiger partial charge >= 0.3 is 5.97 Å². The van der Waals surface area contributed by atoms with Crippen LogP contribution in [0.1, 0.15) is 40.0 Å². The third-order valence-corrected chi connectivity index (χ3v) is 2.96. The minimum Gasteiger partial charge on any atom is -0.480 e. The first-order valence-corrected chi connectivity index (χ1v) is 5.95. The first-order chi connectivity index (χ1) is 6.99. The monoisotopic (exact) mass is 213 g/mol. The minimum absolute atomic E-state index is 0.199. The molecular formula is C12H23NO2. The van der Waals surface area contributed by atoms with Crippen molar-refractivity contribution in [1.82, 2.24) is 4.90 Å². The summed E-state index contributed by atoms with van der Waals surface area (Å²) in [6, 6.07) is 0.390. The molecule has 0 radical (unpaired) electrons. The van der Waals surface area contributed by atoms with Crippen LogP contribution in [0.5, 0.6) is 0 Å². The molecule has 0 aromatic heterocycles. The van der Waals surface area contributed by atoms with E-state index < -0.39 is 5.97 Å². The third kappa shape index (κ3) is 5.17. The normalized spacial score (nSPS) is 18.5. The van der Waals surface area contributed by atoms with Crippen LogP contribution in [0.2, 0.25) is 0 Å². The quantitative estimate of drug-likeness (QED) is 0.705. The summed E-state index contributed by atoms with van der Waals surface area (Å²) in [6.45, 7) is 7.69. The van der Waals surface area contributed by atoms with Crippen molar-refractivity contribution in [2.45, 2.75) is 46.1 Å². The van der Waals surface area contributed by atoms with Crippen molar-refractivity contribution in [2.24, 2.45) is 11.8 Å². The Morgan fingerprint density at radius 3 is 2.40 bits per heavy atom. The molecular weight excluding hydrogens is 190 g/mol. The largest absolute Gasteiger partial charge is 0.480 e. The maximum Gasteiger partial charge on any atom is 0.317 e. The van der Waals surface area contributed by atoms with Crippen molar-refractivity contribution in [3.63, 3.8) is 0 Å². The zero-order valence-corrected chi connectivity index (χ0v) is 10.1. The highest BCUT2D eigenvalue weighted by Crippen LogP contribution is 2.30. The van der Waals surface area contributed by atoms with E-state index in [0.717, 1.165) is 18.9 Å². The van der Waals surface area contributed by atoms with Gasteiger partial charge in [-0.25, -0.2) is 0 Å². The lowest BCUT2D eigenvalue weighted by molar-refractivity contribution is -0.139. The lowest BCUT2D eigenvalue weighted by Crippen LogP contribution is -2.39. The van der Waals surface area contributed by atoms with E-state index >= 15 is 0 Å². The van der Waals surface area contributed by atoms with E-state index in [9.17, 15) is 4.79 Å². The van der Waals surface area contributed by atoms with Gasteiger partial charge in [-0.3, -0.25) is 9.69 Å². The molecule has 3 heteroatoms. The van der Waals surface area contributed by atoms with Crippen molar-refractivity contribution in [2.75, 3.05) is 13.1 Å². The van der Waals surface area contributed by atoms with Gasteiger partial charge in [0.05, 0.1) is 6.54 Å². The van der Waals surface area contributed by atoms with Crippen LogP contribution in [0.4, 0.5) is 0 Å². The molecule has 1 saturated carbocycles. The molecule has 88 valence electrons. The summed E-state index contributed by atoms with van der Waals surface area (Å²) in [5.74, 6) is 0.695. The van der Waals surface area contributed by atoms with Gasteiger partial charge in [-0.15, -0.1) is 0 Å². The summed E-state index contributed by atoms with van der Waals surface area (Å²) in [5, 5.41) is 8.86. The fraction of sp³-hybridized carbons (Fsp3) is 0.917. The number of carboxylic acid groups (broad SMARTS) is 1. The van der Waals surface area contributed by atoms with Crippen molar-refractivity contribution in [1.29, 1.82) is 0 Å². The smallest absolute Gasteiger partial charge is 0.317 e. The fourth-order valence-electron chi connectivity index (χ4n) is 2.04. The molecule has 1 aliphatic carbocycles. The summed E-state index contributed by atoms with van der Waals surface area (Å²) < 4.78 is 0. The zero-order chi connectivity index (χ0) is 11.4. The van der Waals surface area contributed by atoms with Crippen LogP contribution >= 0.6 is 0 Å². The number of hydrogen-bond donors (Lipinski definition) is 1. The molecule has 1 aliphatic rings. The van der Waals surface area contributed by atoms with Crippen LogP contribution in [0.25, 0.3) is 0 Å². The van der Waals surface area contributed by atoms with Crippen molar-refractivity contribution in [3.05, 3.63) is 0 Å². The van der Waals surface area contributed by atoms with E-state index in [-0.39, 0.29) is 6.54 Å². The maximum absolute atomic E-state index is 10.8. The zero-order valence-electron chi connectivity index (χ0n) is 10.1. The van der Waals surface area contributed by atoms with E-state index in [1.807, 2.05) is 0 Å². The fourth-order valence-corrected chi connectivity index (χ4v) is 2.04. The van der Waals surface area contributed by atoms with Gasteiger partial charge in [-0.2, -0.15) is 0 Å². The van der Waals surface area contributed by atoms with Gasteiger partial charge in [-0.05, 0) is 38.0 Å². The summed E-state index contributed by atoms with van der Waals surface area (Å²) in [5.41, 5.74) is 0. The van der Waals surface area contributed by atoms with Crippen LogP contribution in [0.15, 0.2) is 0 Å². The Balaban J connectivity index is 2.41. The molecule has 1 unspecified atom stereocenters.